The Morgan fingerprint density at radius 2 is 1.68 bits per heavy atom. The van der Waals surface area contributed by atoms with Crippen molar-refractivity contribution < 1.29 is 32.2 Å². The Hall–Kier alpha value is -3.03. The van der Waals surface area contributed by atoms with E-state index in [0.717, 1.165) is 37.8 Å². The van der Waals surface area contributed by atoms with Gasteiger partial charge in [-0.25, -0.2) is 4.79 Å². The van der Waals surface area contributed by atoms with Gasteiger partial charge in [0.1, 0.15) is 13.2 Å². The van der Waals surface area contributed by atoms with Gasteiger partial charge in [0.25, 0.3) is 0 Å². The summed E-state index contributed by atoms with van der Waals surface area (Å²) in [6.45, 7) is 1.92. The summed E-state index contributed by atoms with van der Waals surface area (Å²) in [6.07, 6.45) is -0.257. The third-order valence-electron chi connectivity index (χ3n) is 4.43. The highest BCUT2D eigenvalue weighted by Gasteiger charge is 2.30. The second kappa shape index (κ2) is 12.0. The number of hydrogen-bond acceptors (Lipinski definition) is 5. The fourth-order valence-corrected chi connectivity index (χ4v) is 2.83. The van der Waals surface area contributed by atoms with E-state index in [1.165, 1.54) is 18.2 Å². The SMILES string of the molecule is CCCCCCC(=O)OCCOC(=O)c1ccccc1Nc1cccc(C(F)(F)F)c1. The number of nitrogens with one attached hydrogen (secondary N) is 1. The molecule has 0 aliphatic heterocycles. The van der Waals surface area contributed by atoms with Crippen molar-refractivity contribution in [2.75, 3.05) is 18.5 Å². The Labute approximate surface area is 179 Å². The van der Waals surface area contributed by atoms with Crippen molar-refractivity contribution in [3.63, 3.8) is 0 Å². The van der Waals surface area contributed by atoms with Crippen LogP contribution in [0.2, 0.25) is 0 Å². The molecule has 0 saturated heterocycles. The van der Waals surface area contributed by atoms with Gasteiger partial charge in [-0.3, -0.25) is 4.79 Å². The van der Waals surface area contributed by atoms with E-state index in [1.807, 2.05) is 0 Å². The molecule has 0 heterocycles. The number of carbonyl (C=O) groups is 2. The molecular formula is C23H26F3NO4. The van der Waals surface area contributed by atoms with Crippen molar-refractivity contribution in [1.82, 2.24) is 0 Å². The van der Waals surface area contributed by atoms with Crippen LogP contribution in [0.1, 0.15) is 54.9 Å². The largest absolute Gasteiger partial charge is 0.462 e. The Morgan fingerprint density at radius 1 is 0.935 bits per heavy atom. The summed E-state index contributed by atoms with van der Waals surface area (Å²) in [7, 11) is 0. The molecule has 0 aromatic heterocycles. The first-order chi connectivity index (χ1) is 14.8. The van der Waals surface area contributed by atoms with Gasteiger partial charge in [0.05, 0.1) is 16.8 Å². The normalized spacial score (nSPS) is 11.1. The average Bonchev–Trinajstić information content (AvgIpc) is 2.74. The lowest BCUT2D eigenvalue weighted by atomic mass is 10.1. The van der Waals surface area contributed by atoms with E-state index in [-0.39, 0.29) is 30.4 Å². The minimum absolute atomic E-state index is 0.0540. The molecule has 2 rings (SSSR count). The smallest absolute Gasteiger partial charge is 0.416 e. The standard InChI is InChI=1S/C23H26F3NO4/c1-2-3-4-5-13-21(28)30-14-15-31-22(29)19-11-6-7-12-20(19)27-18-10-8-9-17(16-18)23(24,25)26/h6-12,16,27H,2-5,13-15H2,1H3. The topological polar surface area (TPSA) is 64.6 Å². The number of carbonyl (C=O) groups excluding carboxylic acids is 2. The first-order valence-electron chi connectivity index (χ1n) is 10.2. The predicted molar refractivity (Wildman–Crippen MR) is 111 cm³/mol. The monoisotopic (exact) mass is 437 g/mol. The molecule has 2 aromatic rings. The lowest BCUT2D eigenvalue weighted by molar-refractivity contribution is -0.144. The maximum Gasteiger partial charge on any atom is 0.416 e. The number of anilines is 2. The first-order valence-corrected chi connectivity index (χ1v) is 10.2. The summed E-state index contributed by atoms with van der Waals surface area (Å²) in [5, 5.41) is 2.82. The van der Waals surface area contributed by atoms with Crippen molar-refractivity contribution >= 4 is 23.3 Å². The van der Waals surface area contributed by atoms with Crippen molar-refractivity contribution in [3.8, 4) is 0 Å². The van der Waals surface area contributed by atoms with Gasteiger partial charge < -0.3 is 14.8 Å². The highest BCUT2D eigenvalue weighted by Crippen LogP contribution is 2.32. The van der Waals surface area contributed by atoms with Gasteiger partial charge in [-0.15, -0.1) is 0 Å². The second-order valence-electron chi connectivity index (χ2n) is 6.92. The van der Waals surface area contributed by atoms with Crippen molar-refractivity contribution in [2.24, 2.45) is 0 Å². The van der Waals surface area contributed by atoms with Crippen LogP contribution in [0.4, 0.5) is 24.5 Å². The van der Waals surface area contributed by atoms with E-state index < -0.39 is 17.7 Å². The number of rotatable bonds is 11. The van der Waals surface area contributed by atoms with Crippen LogP contribution in [0.5, 0.6) is 0 Å². The first kappa shape index (κ1) is 24.2. The number of esters is 2. The number of benzene rings is 2. The molecule has 168 valence electrons. The van der Waals surface area contributed by atoms with Gasteiger partial charge in [0.2, 0.25) is 0 Å². The molecule has 0 saturated carbocycles. The summed E-state index contributed by atoms with van der Waals surface area (Å²) in [5.74, 6) is -1.01. The molecule has 5 nitrogen and oxygen atoms in total. The number of halogens is 3. The number of unbranched alkanes of at least 4 members (excludes halogenated alkanes) is 3. The third-order valence-corrected chi connectivity index (χ3v) is 4.43. The van der Waals surface area contributed by atoms with Crippen molar-refractivity contribution in [1.29, 1.82) is 0 Å². The molecule has 2 aromatic carbocycles. The second-order valence-corrected chi connectivity index (χ2v) is 6.92. The zero-order chi connectivity index (χ0) is 22.7. The third kappa shape index (κ3) is 8.32. The lowest BCUT2D eigenvalue weighted by Gasteiger charge is -2.13. The quantitative estimate of drug-likeness (QED) is 0.339. The van der Waals surface area contributed by atoms with E-state index in [1.54, 1.807) is 18.2 Å². The zero-order valence-electron chi connectivity index (χ0n) is 17.3. The van der Waals surface area contributed by atoms with Crippen LogP contribution in [0.25, 0.3) is 0 Å². The molecule has 0 unspecified atom stereocenters. The van der Waals surface area contributed by atoms with E-state index in [2.05, 4.69) is 12.2 Å². The molecular weight excluding hydrogens is 411 g/mol. The molecule has 0 bridgehead atoms. The van der Waals surface area contributed by atoms with Crippen LogP contribution in [-0.4, -0.2) is 25.2 Å². The Morgan fingerprint density at radius 3 is 2.42 bits per heavy atom. The van der Waals surface area contributed by atoms with E-state index >= 15 is 0 Å². The van der Waals surface area contributed by atoms with Crippen LogP contribution in [-0.2, 0) is 20.4 Å². The van der Waals surface area contributed by atoms with Crippen LogP contribution < -0.4 is 5.32 Å². The van der Waals surface area contributed by atoms with Crippen LogP contribution >= 0.6 is 0 Å². The summed E-state index contributed by atoms with van der Waals surface area (Å²) < 4.78 is 48.9. The van der Waals surface area contributed by atoms with E-state index in [0.29, 0.717) is 12.1 Å². The van der Waals surface area contributed by atoms with Gasteiger partial charge >= 0.3 is 18.1 Å². The fraction of sp³-hybridized carbons (Fsp3) is 0.391. The van der Waals surface area contributed by atoms with Gasteiger partial charge in [0.15, 0.2) is 0 Å². The number of alkyl halides is 3. The Bertz CT molecular complexity index is 868. The van der Waals surface area contributed by atoms with Gasteiger partial charge in [-0.2, -0.15) is 13.2 Å². The van der Waals surface area contributed by atoms with E-state index in [4.69, 9.17) is 9.47 Å². The molecule has 31 heavy (non-hydrogen) atoms. The number of ether oxygens (including phenoxy) is 2. The highest BCUT2D eigenvalue weighted by molar-refractivity contribution is 5.96. The number of para-hydroxylation sites is 1. The Balaban J connectivity index is 1.89. The molecule has 0 spiro atoms. The van der Waals surface area contributed by atoms with Crippen LogP contribution in [0.3, 0.4) is 0 Å². The number of hydrogen-bond donors (Lipinski definition) is 1. The maximum atomic E-state index is 12.9. The summed E-state index contributed by atoms with van der Waals surface area (Å²) in [5.41, 5.74) is -0.147. The van der Waals surface area contributed by atoms with Crippen molar-refractivity contribution in [2.45, 2.75) is 45.2 Å². The molecule has 0 atom stereocenters. The summed E-state index contributed by atoms with van der Waals surface area (Å²) in [4.78, 5) is 24.0. The maximum absolute atomic E-state index is 12.9. The molecule has 0 aliphatic carbocycles. The fourth-order valence-electron chi connectivity index (χ4n) is 2.83. The molecule has 0 amide bonds. The minimum atomic E-state index is -4.47. The van der Waals surface area contributed by atoms with E-state index in [9.17, 15) is 22.8 Å². The average molecular weight is 437 g/mol. The Kier molecular flexibility index (Phi) is 9.37. The zero-order valence-corrected chi connectivity index (χ0v) is 17.3. The summed E-state index contributed by atoms with van der Waals surface area (Å²) >= 11 is 0. The van der Waals surface area contributed by atoms with Crippen LogP contribution in [0, 0.1) is 0 Å². The lowest BCUT2D eigenvalue weighted by Crippen LogP contribution is -2.15. The molecule has 0 radical (unpaired) electrons. The predicted octanol–water partition coefficient (Wildman–Crippen LogP) is 6.12. The molecule has 1 N–H and O–H groups in total. The van der Waals surface area contributed by atoms with Crippen molar-refractivity contribution in [3.05, 3.63) is 59.7 Å². The van der Waals surface area contributed by atoms with Gasteiger partial charge in [-0.05, 0) is 36.8 Å². The molecule has 0 aliphatic rings. The van der Waals surface area contributed by atoms with Gasteiger partial charge in [-0.1, -0.05) is 44.4 Å². The molecule has 0 fully saturated rings. The minimum Gasteiger partial charge on any atom is -0.462 e. The highest BCUT2D eigenvalue weighted by atomic mass is 19.4. The van der Waals surface area contributed by atoms with Crippen LogP contribution in [0.15, 0.2) is 48.5 Å². The summed E-state index contributed by atoms with van der Waals surface area (Å²) in [6, 6.07) is 11.0. The molecule has 8 heteroatoms. The van der Waals surface area contributed by atoms with Gasteiger partial charge in [0, 0.05) is 12.1 Å².